The van der Waals surface area contributed by atoms with Crippen LogP contribution in [0.15, 0.2) is 30.6 Å². The molecule has 5 nitrogen and oxygen atoms in total. The molecule has 102 valence electrons. The molecule has 19 heavy (non-hydrogen) atoms. The van der Waals surface area contributed by atoms with Gasteiger partial charge >= 0.3 is 0 Å². The van der Waals surface area contributed by atoms with Crippen LogP contribution in [0.4, 0.5) is 0 Å². The summed E-state index contributed by atoms with van der Waals surface area (Å²) in [4.78, 5) is 0. The first-order valence-electron chi connectivity index (χ1n) is 6.37. The number of ether oxygens (including phenoxy) is 1. The van der Waals surface area contributed by atoms with E-state index in [1.54, 1.807) is 12.3 Å². The van der Waals surface area contributed by atoms with Gasteiger partial charge in [-0.2, -0.15) is 5.10 Å². The number of phenolic OH excluding ortho intramolecular Hbond substituents is 1. The van der Waals surface area contributed by atoms with Crippen LogP contribution < -0.4 is 10.1 Å². The highest BCUT2D eigenvalue weighted by atomic mass is 16.5. The van der Waals surface area contributed by atoms with Crippen molar-refractivity contribution in [3.8, 4) is 11.5 Å². The van der Waals surface area contributed by atoms with Crippen LogP contribution in [0.2, 0.25) is 0 Å². The molecule has 5 heteroatoms. The van der Waals surface area contributed by atoms with Crippen LogP contribution in [0.5, 0.6) is 11.5 Å². The van der Waals surface area contributed by atoms with Gasteiger partial charge in [-0.1, -0.05) is 6.07 Å². The van der Waals surface area contributed by atoms with Gasteiger partial charge in [0.1, 0.15) is 0 Å². The fraction of sp³-hybridized carbons (Fsp3) is 0.357. The smallest absolute Gasteiger partial charge is 0.161 e. The quantitative estimate of drug-likeness (QED) is 0.746. The van der Waals surface area contributed by atoms with E-state index >= 15 is 0 Å². The van der Waals surface area contributed by atoms with Crippen molar-refractivity contribution in [3.05, 3.63) is 41.7 Å². The molecule has 1 unspecified atom stereocenters. The summed E-state index contributed by atoms with van der Waals surface area (Å²) in [7, 11) is 0. The first-order valence-corrected chi connectivity index (χ1v) is 6.37. The molecule has 0 spiro atoms. The van der Waals surface area contributed by atoms with E-state index in [4.69, 9.17) is 4.74 Å². The number of hydrogen-bond donors (Lipinski definition) is 3. The Morgan fingerprint density at radius 2 is 2.32 bits per heavy atom. The van der Waals surface area contributed by atoms with Crippen molar-refractivity contribution in [1.82, 2.24) is 15.5 Å². The molecule has 0 aliphatic rings. The Balaban J connectivity index is 1.97. The van der Waals surface area contributed by atoms with Crippen LogP contribution >= 0.6 is 0 Å². The van der Waals surface area contributed by atoms with Crippen LogP contribution in [-0.4, -0.2) is 21.9 Å². The zero-order valence-corrected chi connectivity index (χ0v) is 11.2. The van der Waals surface area contributed by atoms with Crippen LogP contribution in [0, 0.1) is 0 Å². The minimum atomic E-state index is 0.175. The second-order valence-corrected chi connectivity index (χ2v) is 4.37. The number of rotatable bonds is 6. The minimum Gasteiger partial charge on any atom is -0.504 e. The molecular weight excluding hydrogens is 242 g/mol. The SMILES string of the molecule is CCOc1cc(CNC(C)c2cn[nH]c2)ccc1O. The topological polar surface area (TPSA) is 70.2 Å². The van der Waals surface area contributed by atoms with E-state index in [0.717, 1.165) is 11.1 Å². The number of aromatic nitrogens is 2. The summed E-state index contributed by atoms with van der Waals surface area (Å²) < 4.78 is 5.36. The predicted octanol–water partition coefficient (Wildman–Crippen LogP) is 2.36. The van der Waals surface area contributed by atoms with Crippen LogP contribution in [-0.2, 0) is 6.54 Å². The molecule has 0 fully saturated rings. The van der Waals surface area contributed by atoms with Crippen LogP contribution in [0.25, 0.3) is 0 Å². The summed E-state index contributed by atoms with van der Waals surface area (Å²) in [6, 6.07) is 5.61. The number of aromatic hydroxyl groups is 1. The minimum absolute atomic E-state index is 0.175. The predicted molar refractivity (Wildman–Crippen MR) is 73.1 cm³/mol. The average molecular weight is 261 g/mol. The molecule has 2 aromatic rings. The van der Waals surface area contributed by atoms with Gasteiger partial charge < -0.3 is 15.2 Å². The van der Waals surface area contributed by atoms with Crippen LogP contribution in [0.1, 0.15) is 31.0 Å². The molecule has 0 aliphatic carbocycles. The number of hydrogen-bond acceptors (Lipinski definition) is 4. The molecule has 0 saturated heterocycles. The summed E-state index contributed by atoms with van der Waals surface area (Å²) in [6.45, 7) is 5.21. The van der Waals surface area contributed by atoms with E-state index in [2.05, 4.69) is 22.4 Å². The maximum atomic E-state index is 9.64. The van der Waals surface area contributed by atoms with E-state index in [-0.39, 0.29) is 11.8 Å². The fourth-order valence-electron chi connectivity index (χ4n) is 1.83. The van der Waals surface area contributed by atoms with Gasteiger partial charge in [-0.25, -0.2) is 0 Å². The molecular formula is C14H19N3O2. The second kappa shape index (κ2) is 6.24. The number of nitrogens with zero attached hydrogens (tertiary/aromatic N) is 1. The average Bonchev–Trinajstić information content (AvgIpc) is 2.93. The second-order valence-electron chi connectivity index (χ2n) is 4.37. The number of benzene rings is 1. The molecule has 3 N–H and O–H groups in total. The zero-order chi connectivity index (χ0) is 13.7. The number of H-pyrrole nitrogens is 1. The molecule has 1 aromatic carbocycles. The molecule has 1 atom stereocenters. The molecule has 0 aliphatic heterocycles. The molecule has 0 amide bonds. The summed E-state index contributed by atoms with van der Waals surface area (Å²) >= 11 is 0. The van der Waals surface area contributed by atoms with Crippen molar-refractivity contribution in [2.24, 2.45) is 0 Å². The number of aromatic amines is 1. The highest BCUT2D eigenvalue weighted by Crippen LogP contribution is 2.27. The highest BCUT2D eigenvalue weighted by Gasteiger charge is 2.07. The lowest BCUT2D eigenvalue weighted by molar-refractivity contribution is 0.317. The maximum Gasteiger partial charge on any atom is 0.161 e. The van der Waals surface area contributed by atoms with Gasteiger partial charge in [-0.3, -0.25) is 5.10 Å². The van der Waals surface area contributed by atoms with Gasteiger partial charge in [0.05, 0.1) is 12.8 Å². The normalized spacial score (nSPS) is 12.3. The van der Waals surface area contributed by atoms with Crippen molar-refractivity contribution in [1.29, 1.82) is 0 Å². The molecule has 0 bridgehead atoms. The van der Waals surface area contributed by atoms with Crippen molar-refractivity contribution < 1.29 is 9.84 Å². The van der Waals surface area contributed by atoms with Crippen molar-refractivity contribution in [2.75, 3.05) is 6.61 Å². The highest BCUT2D eigenvalue weighted by molar-refractivity contribution is 5.41. The zero-order valence-electron chi connectivity index (χ0n) is 11.2. The van der Waals surface area contributed by atoms with Gasteiger partial charge in [0.2, 0.25) is 0 Å². The fourth-order valence-corrected chi connectivity index (χ4v) is 1.83. The molecule has 0 saturated carbocycles. The Labute approximate surface area is 112 Å². The van der Waals surface area contributed by atoms with E-state index in [0.29, 0.717) is 18.9 Å². The standard InChI is InChI=1S/C14H19N3O2/c1-3-19-14-6-11(4-5-13(14)18)7-15-10(2)12-8-16-17-9-12/h4-6,8-10,15,18H,3,7H2,1-2H3,(H,16,17). The van der Waals surface area contributed by atoms with Gasteiger partial charge in [0.15, 0.2) is 11.5 Å². The Hall–Kier alpha value is -2.01. The number of phenols is 1. The summed E-state index contributed by atoms with van der Waals surface area (Å²) in [5.74, 6) is 0.700. The Morgan fingerprint density at radius 1 is 1.47 bits per heavy atom. The van der Waals surface area contributed by atoms with E-state index in [9.17, 15) is 5.11 Å². The molecule has 2 rings (SSSR count). The van der Waals surface area contributed by atoms with Crippen molar-refractivity contribution in [2.45, 2.75) is 26.4 Å². The Kier molecular flexibility index (Phi) is 4.41. The summed E-state index contributed by atoms with van der Waals surface area (Å²) in [5, 5.41) is 19.8. The molecule has 1 aromatic heterocycles. The number of nitrogens with one attached hydrogen (secondary N) is 2. The third-order valence-corrected chi connectivity index (χ3v) is 2.96. The van der Waals surface area contributed by atoms with E-state index < -0.39 is 0 Å². The first-order chi connectivity index (χ1) is 9.20. The summed E-state index contributed by atoms with van der Waals surface area (Å²) in [5.41, 5.74) is 2.18. The largest absolute Gasteiger partial charge is 0.504 e. The van der Waals surface area contributed by atoms with Gasteiger partial charge in [-0.15, -0.1) is 0 Å². The Morgan fingerprint density at radius 3 is 3.00 bits per heavy atom. The Bertz CT molecular complexity index is 511. The lowest BCUT2D eigenvalue weighted by Gasteiger charge is -2.13. The third kappa shape index (κ3) is 3.48. The van der Waals surface area contributed by atoms with Gasteiger partial charge in [-0.05, 0) is 31.5 Å². The molecule has 0 radical (unpaired) electrons. The van der Waals surface area contributed by atoms with E-state index in [1.165, 1.54) is 0 Å². The van der Waals surface area contributed by atoms with Crippen molar-refractivity contribution in [3.63, 3.8) is 0 Å². The lowest BCUT2D eigenvalue weighted by Crippen LogP contribution is -2.17. The summed E-state index contributed by atoms with van der Waals surface area (Å²) in [6.07, 6.45) is 3.68. The van der Waals surface area contributed by atoms with Crippen LogP contribution in [0.3, 0.4) is 0 Å². The monoisotopic (exact) mass is 261 g/mol. The maximum absolute atomic E-state index is 9.64. The van der Waals surface area contributed by atoms with Crippen molar-refractivity contribution >= 4 is 0 Å². The third-order valence-electron chi connectivity index (χ3n) is 2.96. The van der Waals surface area contributed by atoms with Gasteiger partial charge in [0.25, 0.3) is 0 Å². The first kappa shape index (κ1) is 13.4. The van der Waals surface area contributed by atoms with Gasteiger partial charge in [0, 0.05) is 24.3 Å². The molecule has 1 heterocycles. The van der Waals surface area contributed by atoms with E-state index in [1.807, 2.05) is 25.3 Å². The lowest BCUT2D eigenvalue weighted by atomic mass is 10.1.